The fraction of sp³-hybridized carbons (Fsp3) is 0.562. The van der Waals surface area contributed by atoms with Crippen molar-refractivity contribution < 1.29 is 19.4 Å². The van der Waals surface area contributed by atoms with Crippen molar-refractivity contribution in [3.8, 4) is 5.75 Å². The SMILES string of the molecule is COc1cccc(C(O)[C@H]2CCN2C(=O)OC(C)(C)C)c1. The molecule has 1 N–H and O–H groups in total. The summed E-state index contributed by atoms with van der Waals surface area (Å²) < 4.78 is 10.5. The Morgan fingerprint density at radius 1 is 1.43 bits per heavy atom. The first kappa shape index (κ1) is 15.6. The molecule has 0 aromatic heterocycles. The van der Waals surface area contributed by atoms with Crippen molar-refractivity contribution in [2.45, 2.75) is 44.9 Å². The molecule has 5 nitrogen and oxygen atoms in total. The van der Waals surface area contributed by atoms with Crippen LogP contribution < -0.4 is 4.74 Å². The second-order valence-corrected chi connectivity index (χ2v) is 6.25. The number of nitrogens with zero attached hydrogens (tertiary/aromatic N) is 1. The van der Waals surface area contributed by atoms with Crippen LogP contribution in [0.4, 0.5) is 4.79 Å². The standard InChI is InChI=1S/C16H23NO4/c1-16(2,3)21-15(19)17-9-8-13(17)14(18)11-6-5-7-12(10-11)20-4/h5-7,10,13-14,18H,8-9H2,1-4H3/t13-,14?/m1/s1. The van der Waals surface area contributed by atoms with E-state index in [4.69, 9.17) is 9.47 Å². The number of carbonyl (C=O) groups excluding carboxylic acids is 1. The zero-order chi connectivity index (χ0) is 15.6. The summed E-state index contributed by atoms with van der Waals surface area (Å²) in [4.78, 5) is 13.7. The minimum atomic E-state index is -0.735. The molecule has 0 saturated carbocycles. The fourth-order valence-electron chi connectivity index (χ4n) is 2.33. The zero-order valence-electron chi connectivity index (χ0n) is 13.0. The van der Waals surface area contributed by atoms with Crippen LogP contribution in [0.2, 0.25) is 0 Å². The van der Waals surface area contributed by atoms with Crippen LogP contribution in [0.1, 0.15) is 38.9 Å². The fourth-order valence-corrected chi connectivity index (χ4v) is 2.33. The Hall–Kier alpha value is -1.75. The van der Waals surface area contributed by atoms with E-state index in [0.29, 0.717) is 12.3 Å². The third-order valence-corrected chi connectivity index (χ3v) is 3.49. The summed E-state index contributed by atoms with van der Waals surface area (Å²) in [7, 11) is 1.59. The first-order valence-electron chi connectivity index (χ1n) is 7.13. The van der Waals surface area contributed by atoms with Crippen molar-refractivity contribution in [1.29, 1.82) is 0 Å². The molecule has 0 aliphatic carbocycles. The highest BCUT2D eigenvalue weighted by atomic mass is 16.6. The number of carbonyl (C=O) groups is 1. The van der Waals surface area contributed by atoms with Crippen LogP contribution in [0.5, 0.6) is 5.75 Å². The van der Waals surface area contributed by atoms with Gasteiger partial charge in [-0.3, -0.25) is 0 Å². The van der Waals surface area contributed by atoms with E-state index in [2.05, 4.69) is 0 Å². The molecule has 0 radical (unpaired) electrons. The average Bonchev–Trinajstić information content (AvgIpc) is 2.35. The van der Waals surface area contributed by atoms with E-state index >= 15 is 0 Å². The normalized spacial score (nSPS) is 19.7. The highest BCUT2D eigenvalue weighted by Gasteiger charge is 2.40. The third-order valence-electron chi connectivity index (χ3n) is 3.49. The molecule has 1 saturated heterocycles. The van der Waals surface area contributed by atoms with Gasteiger partial charge in [-0.15, -0.1) is 0 Å². The molecule has 1 unspecified atom stereocenters. The van der Waals surface area contributed by atoms with Crippen LogP contribution >= 0.6 is 0 Å². The highest BCUT2D eigenvalue weighted by Crippen LogP contribution is 2.32. The first-order chi connectivity index (χ1) is 9.81. The summed E-state index contributed by atoms with van der Waals surface area (Å²) in [5.41, 5.74) is 0.214. The lowest BCUT2D eigenvalue weighted by molar-refractivity contribution is -0.0409. The molecule has 1 fully saturated rings. The van der Waals surface area contributed by atoms with Crippen LogP contribution in [0.15, 0.2) is 24.3 Å². The van der Waals surface area contributed by atoms with Gasteiger partial charge in [-0.1, -0.05) is 12.1 Å². The van der Waals surface area contributed by atoms with Gasteiger partial charge in [0.15, 0.2) is 0 Å². The van der Waals surface area contributed by atoms with Gasteiger partial charge in [0, 0.05) is 6.54 Å². The Morgan fingerprint density at radius 2 is 2.14 bits per heavy atom. The van der Waals surface area contributed by atoms with Crippen molar-refractivity contribution in [2.75, 3.05) is 13.7 Å². The quantitative estimate of drug-likeness (QED) is 0.931. The summed E-state index contributed by atoms with van der Waals surface area (Å²) in [6, 6.07) is 7.03. The minimum Gasteiger partial charge on any atom is -0.497 e. The molecule has 2 atom stereocenters. The molecule has 0 bridgehead atoms. The largest absolute Gasteiger partial charge is 0.497 e. The van der Waals surface area contributed by atoms with E-state index in [1.54, 1.807) is 18.1 Å². The summed E-state index contributed by atoms with van der Waals surface area (Å²) in [5.74, 6) is 0.690. The molecular formula is C16H23NO4. The molecule has 0 spiro atoms. The zero-order valence-corrected chi connectivity index (χ0v) is 13.0. The van der Waals surface area contributed by atoms with Crippen molar-refractivity contribution in [2.24, 2.45) is 0 Å². The van der Waals surface area contributed by atoms with Crippen LogP contribution in [0.25, 0.3) is 0 Å². The summed E-state index contributed by atoms with van der Waals surface area (Å²) in [6.45, 7) is 6.11. The van der Waals surface area contributed by atoms with Crippen LogP contribution in [0.3, 0.4) is 0 Å². The van der Waals surface area contributed by atoms with Gasteiger partial charge < -0.3 is 19.5 Å². The maximum absolute atomic E-state index is 12.1. The number of benzene rings is 1. The molecule has 1 aliphatic heterocycles. The Kier molecular flexibility index (Phi) is 4.42. The van der Waals surface area contributed by atoms with Gasteiger partial charge in [0.25, 0.3) is 0 Å². The predicted octanol–water partition coefficient (Wildman–Crippen LogP) is 2.74. The second kappa shape index (κ2) is 5.93. The van der Waals surface area contributed by atoms with Crippen molar-refractivity contribution in [3.05, 3.63) is 29.8 Å². The molecular weight excluding hydrogens is 270 g/mol. The van der Waals surface area contributed by atoms with E-state index in [1.165, 1.54) is 0 Å². The lowest BCUT2D eigenvalue weighted by Gasteiger charge is -2.43. The summed E-state index contributed by atoms with van der Waals surface area (Å²) >= 11 is 0. The van der Waals surface area contributed by atoms with Gasteiger partial charge in [0.05, 0.1) is 19.3 Å². The maximum Gasteiger partial charge on any atom is 0.410 e. The van der Waals surface area contributed by atoms with Gasteiger partial charge >= 0.3 is 6.09 Å². The topological polar surface area (TPSA) is 59.0 Å². The molecule has 1 aromatic rings. The molecule has 116 valence electrons. The van der Waals surface area contributed by atoms with E-state index in [-0.39, 0.29) is 12.1 Å². The number of ether oxygens (including phenoxy) is 2. The van der Waals surface area contributed by atoms with Gasteiger partial charge in [-0.25, -0.2) is 4.79 Å². The van der Waals surface area contributed by atoms with Crippen LogP contribution in [0, 0.1) is 0 Å². The second-order valence-electron chi connectivity index (χ2n) is 6.25. The molecule has 21 heavy (non-hydrogen) atoms. The molecule has 2 rings (SSSR count). The van der Waals surface area contributed by atoms with E-state index in [0.717, 1.165) is 12.0 Å². The van der Waals surface area contributed by atoms with Gasteiger partial charge in [-0.05, 0) is 44.9 Å². The van der Waals surface area contributed by atoms with Crippen molar-refractivity contribution in [3.63, 3.8) is 0 Å². The van der Waals surface area contributed by atoms with E-state index in [9.17, 15) is 9.90 Å². The number of hydrogen-bond acceptors (Lipinski definition) is 4. The first-order valence-corrected chi connectivity index (χ1v) is 7.13. The minimum absolute atomic E-state index is 0.244. The van der Waals surface area contributed by atoms with Gasteiger partial charge in [0.2, 0.25) is 0 Å². The third kappa shape index (κ3) is 3.67. The number of hydrogen-bond donors (Lipinski definition) is 1. The molecule has 1 aromatic carbocycles. The molecule has 1 aliphatic rings. The van der Waals surface area contributed by atoms with Crippen molar-refractivity contribution in [1.82, 2.24) is 4.90 Å². The number of aliphatic hydroxyl groups excluding tert-OH is 1. The average molecular weight is 293 g/mol. The maximum atomic E-state index is 12.1. The lowest BCUT2D eigenvalue weighted by atomic mass is 9.92. The van der Waals surface area contributed by atoms with Gasteiger partial charge in [-0.2, -0.15) is 0 Å². The summed E-state index contributed by atoms with van der Waals surface area (Å²) in [6.07, 6.45) is -0.348. The molecule has 1 heterocycles. The van der Waals surface area contributed by atoms with Crippen molar-refractivity contribution >= 4 is 6.09 Å². The van der Waals surface area contributed by atoms with Gasteiger partial charge in [0.1, 0.15) is 11.4 Å². The van der Waals surface area contributed by atoms with E-state index in [1.807, 2.05) is 39.0 Å². The molecule has 1 amide bonds. The van der Waals surface area contributed by atoms with Crippen LogP contribution in [-0.4, -0.2) is 41.4 Å². The predicted molar refractivity (Wildman–Crippen MR) is 79.3 cm³/mol. The Morgan fingerprint density at radius 3 is 2.67 bits per heavy atom. The number of rotatable bonds is 3. The monoisotopic (exact) mass is 293 g/mol. The number of methoxy groups -OCH3 is 1. The Balaban J connectivity index is 2.06. The lowest BCUT2D eigenvalue weighted by Crippen LogP contribution is -2.55. The molecule has 5 heteroatoms. The van der Waals surface area contributed by atoms with E-state index < -0.39 is 11.7 Å². The Bertz CT molecular complexity index is 509. The van der Waals surface area contributed by atoms with Crippen LogP contribution in [-0.2, 0) is 4.74 Å². The number of aliphatic hydroxyl groups is 1. The smallest absolute Gasteiger partial charge is 0.410 e. The Labute approximate surface area is 125 Å². The summed E-state index contributed by atoms with van der Waals surface area (Å²) in [5, 5.41) is 10.5. The number of likely N-dealkylation sites (tertiary alicyclic amines) is 1. The number of amides is 1. The highest BCUT2D eigenvalue weighted by molar-refractivity contribution is 5.69.